The molecule has 38 heavy (non-hydrogen) atoms. The van der Waals surface area contributed by atoms with Crippen molar-refractivity contribution in [3.8, 4) is 12.5 Å². The first-order valence-electron chi connectivity index (χ1n) is 13.2. The van der Waals surface area contributed by atoms with Crippen LogP contribution in [0.3, 0.4) is 0 Å². The van der Waals surface area contributed by atoms with E-state index in [0.29, 0.717) is 24.2 Å². The van der Waals surface area contributed by atoms with Crippen molar-refractivity contribution in [2.75, 3.05) is 11.4 Å². The van der Waals surface area contributed by atoms with E-state index in [9.17, 15) is 18.4 Å². The molecule has 1 N–H and O–H groups in total. The average Bonchev–Trinajstić information content (AvgIpc) is 3.37. The second-order valence-corrected chi connectivity index (χ2v) is 11.3. The van der Waals surface area contributed by atoms with Gasteiger partial charge in [-0.3, -0.25) is 19.5 Å². The number of alkyl halides is 2. The number of carbonyl (C=O) groups is 2. The second-order valence-electron chi connectivity index (χ2n) is 11.3. The Balaban J connectivity index is 1.74. The molecule has 202 valence electrons. The molecule has 2 aliphatic rings. The van der Waals surface area contributed by atoms with Crippen molar-refractivity contribution in [1.29, 1.82) is 0 Å². The lowest BCUT2D eigenvalue weighted by Crippen LogP contribution is -2.52. The summed E-state index contributed by atoms with van der Waals surface area (Å²) in [5.74, 6) is -3.41. The van der Waals surface area contributed by atoms with Crippen molar-refractivity contribution >= 4 is 17.5 Å². The Labute approximate surface area is 223 Å². The van der Waals surface area contributed by atoms with Crippen LogP contribution in [0.4, 0.5) is 14.5 Å². The van der Waals surface area contributed by atoms with E-state index >= 15 is 0 Å². The summed E-state index contributed by atoms with van der Waals surface area (Å²) in [5, 5.41) is 2.96. The van der Waals surface area contributed by atoms with Crippen LogP contribution in [0, 0.1) is 12.5 Å². The summed E-state index contributed by atoms with van der Waals surface area (Å²) in [6.45, 7) is 6.92. The lowest BCUT2D eigenvalue weighted by Gasteiger charge is -2.36. The molecule has 1 saturated heterocycles. The van der Waals surface area contributed by atoms with Crippen LogP contribution < -0.4 is 10.2 Å². The smallest absolute Gasteiger partial charge is 0.251 e. The van der Waals surface area contributed by atoms with E-state index in [-0.39, 0.29) is 37.0 Å². The first-order valence-corrected chi connectivity index (χ1v) is 13.2. The highest BCUT2D eigenvalue weighted by Crippen LogP contribution is 2.35. The van der Waals surface area contributed by atoms with Gasteiger partial charge in [0.1, 0.15) is 12.1 Å². The maximum absolute atomic E-state index is 14.2. The molecule has 2 aromatic rings. The zero-order chi connectivity index (χ0) is 27.5. The van der Waals surface area contributed by atoms with Gasteiger partial charge in [0, 0.05) is 55.1 Å². The third-order valence-electron chi connectivity index (χ3n) is 7.52. The number of terminal acetylenes is 1. The Morgan fingerprint density at radius 3 is 2.42 bits per heavy atom. The molecule has 0 unspecified atom stereocenters. The van der Waals surface area contributed by atoms with Gasteiger partial charge in [0.05, 0.1) is 0 Å². The molecule has 1 saturated carbocycles. The molecule has 0 spiro atoms. The molecular formula is C30H36F2N4O2. The molecule has 1 aliphatic carbocycles. The quantitative estimate of drug-likeness (QED) is 0.530. The topological polar surface area (TPSA) is 65.5 Å². The minimum Gasteiger partial charge on any atom is -0.351 e. The van der Waals surface area contributed by atoms with Gasteiger partial charge in [-0.1, -0.05) is 45.4 Å². The van der Waals surface area contributed by atoms with Crippen molar-refractivity contribution < 1.29 is 18.4 Å². The van der Waals surface area contributed by atoms with Crippen LogP contribution in [-0.2, 0) is 15.0 Å². The van der Waals surface area contributed by atoms with Crippen LogP contribution in [0.25, 0.3) is 0 Å². The van der Waals surface area contributed by atoms with E-state index < -0.39 is 30.0 Å². The van der Waals surface area contributed by atoms with Crippen LogP contribution in [0.1, 0.15) is 76.5 Å². The van der Waals surface area contributed by atoms with E-state index in [2.05, 4.69) is 37.1 Å². The van der Waals surface area contributed by atoms with Gasteiger partial charge in [0.15, 0.2) is 0 Å². The number of nitrogens with zero attached hydrogens (tertiary/aromatic N) is 3. The summed E-state index contributed by atoms with van der Waals surface area (Å²) < 4.78 is 27.5. The van der Waals surface area contributed by atoms with Crippen LogP contribution in [0.15, 0.2) is 48.8 Å². The van der Waals surface area contributed by atoms with Crippen LogP contribution >= 0.6 is 0 Å². The number of benzene rings is 1. The van der Waals surface area contributed by atoms with E-state index in [1.807, 2.05) is 24.3 Å². The molecule has 4 rings (SSSR count). The number of halogens is 2. The minimum absolute atomic E-state index is 0.0950. The van der Waals surface area contributed by atoms with Crippen molar-refractivity contribution in [2.45, 2.75) is 88.8 Å². The van der Waals surface area contributed by atoms with Gasteiger partial charge >= 0.3 is 0 Å². The third kappa shape index (κ3) is 6.15. The van der Waals surface area contributed by atoms with E-state index in [1.165, 1.54) is 4.90 Å². The molecule has 0 bridgehead atoms. The van der Waals surface area contributed by atoms with E-state index in [0.717, 1.165) is 12.0 Å². The Morgan fingerprint density at radius 1 is 1.16 bits per heavy atom. The predicted molar refractivity (Wildman–Crippen MR) is 144 cm³/mol. The Kier molecular flexibility index (Phi) is 8.05. The number of anilines is 1. The van der Waals surface area contributed by atoms with Crippen molar-refractivity contribution in [3.05, 3.63) is 59.9 Å². The fourth-order valence-corrected chi connectivity index (χ4v) is 5.28. The maximum Gasteiger partial charge on any atom is 0.251 e. The number of carbonyl (C=O) groups excluding carboxylic acids is 2. The lowest BCUT2D eigenvalue weighted by atomic mass is 9.87. The molecule has 1 aromatic heterocycles. The zero-order valence-corrected chi connectivity index (χ0v) is 22.3. The van der Waals surface area contributed by atoms with Crippen molar-refractivity contribution in [1.82, 2.24) is 15.2 Å². The summed E-state index contributed by atoms with van der Waals surface area (Å²) in [4.78, 5) is 35.5. The number of hydrogen-bond donors (Lipinski definition) is 1. The van der Waals surface area contributed by atoms with Crippen LogP contribution in [0.5, 0.6) is 0 Å². The highest BCUT2D eigenvalue weighted by Gasteiger charge is 2.41. The number of nitrogens with one attached hydrogen (secondary N) is 1. The summed E-state index contributed by atoms with van der Waals surface area (Å²) in [6, 6.07) is 11.7. The van der Waals surface area contributed by atoms with Gasteiger partial charge in [-0.25, -0.2) is 8.78 Å². The Bertz CT molecular complexity index is 1160. The Morgan fingerprint density at radius 2 is 1.84 bits per heavy atom. The fourth-order valence-electron chi connectivity index (χ4n) is 5.28. The number of pyridine rings is 1. The molecule has 1 aliphatic heterocycles. The molecule has 2 atom stereocenters. The molecule has 1 aromatic carbocycles. The van der Waals surface area contributed by atoms with Crippen molar-refractivity contribution in [3.63, 3.8) is 0 Å². The van der Waals surface area contributed by atoms with Crippen LogP contribution in [0.2, 0.25) is 0 Å². The summed E-state index contributed by atoms with van der Waals surface area (Å²) in [7, 11) is 0. The molecule has 2 heterocycles. The molecular weight excluding hydrogens is 486 g/mol. The molecule has 8 heteroatoms. The van der Waals surface area contributed by atoms with Gasteiger partial charge in [-0.2, -0.15) is 0 Å². The van der Waals surface area contributed by atoms with Gasteiger partial charge in [0.25, 0.3) is 5.91 Å². The number of hydrogen-bond acceptors (Lipinski definition) is 4. The third-order valence-corrected chi connectivity index (χ3v) is 7.52. The standard InChI is InChI=1S/C30H36F2N4O2/c1-5-35-19-7-9-25(35)28(38)36(24-12-10-22(11-13-24)29(2,3)4)26(21-8-6-18-33-20-21)27(37)34-23-14-16-30(31,32)17-15-23/h1,6,8,10-13,18,20,23,25-26H,7,9,14-17,19H2,2-4H3,(H,34,37)/t25-,26-/m1/s1. The molecule has 0 radical (unpaired) electrons. The average molecular weight is 523 g/mol. The van der Waals surface area contributed by atoms with Gasteiger partial charge in [-0.15, -0.1) is 0 Å². The summed E-state index contributed by atoms with van der Waals surface area (Å²) in [5.41, 5.74) is 2.09. The van der Waals surface area contributed by atoms with Gasteiger partial charge in [0.2, 0.25) is 11.8 Å². The van der Waals surface area contributed by atoms with Gasteiger partial charge < -0.3 is 10.2 Å². The monoisotopic (exact) mass is 522 g/mol. The fraction of sp³-hybridized carbons (Fsp3) is 0.500. The van der Waals surface area contributed by atoms with E-state index in [4.69, 9.17) is 6.42 Å². The maximum atomic E-state index is 14.2. The highest BCUT2D eigenvalue weighted by atomic mass is 19.3. The molecule has 2 amide bonds. The highest BCUT2D eigenvalue weighted by molar-refractivity contribution is 6.04. The largest absolute Gasteiger partial charge is 0.351 e. The SMILES string of the molecule is C#CN1CCC[C@@H]1C(=O)N(c1ccc(C(C)(C)C)cc1)[C@@H](C(=O)NC1CCC(F)(F)CC1)c1cccnc1. The number of rotatable bonds is 6. The van der Waals surface area contributed by atoms with Crippen molar-refractivity contribution in [2.24, 2.45) is 0 Å². The predicted octanol–water partition coefficient (Wildman–Crippen LogP) is 5.20. The number of aromatic nitrogens is 1. The normalized spacial score (nSPS) is 20.4. The zero-order valence-electron chi connectivity index (χ0n) is 22.3. The number of likely N-dealkylation sites (tertiary alicyclic amines) is 1. The molecule has 6 nitrogen and oxygen atoms in total. The van der Waals surface area contributed by atoms with Crippen LogP contribution in [-0.4, -0.2) is 46.2 Å². The lowest BCUT2D eigenvalue weighted by molar-refractivity contribution is -0.129. The minimum atomic E-state index is -2.71. The number of amides is 2. The molecule has 2 fully saturated rings. The first kappa shape index (κ1) is 27.6. The van der Waals surface area contributed by atoms with Gasteiger partial charge in [-0.05, 0) is 54.9 Å². The first-order chi connectivity index (χ1) is 18.0. The Hall–Kier alpha value is -3.47. The second kappa shape index (κ2) is 11.1. The van der Waals surface area contributed by atoms with E-state index in [1.54, 1.807) is 29.4 Å². The summed E-state index contributed by atoms with van der Waals surface area (Å²) in [6.07, 6.45) is 10.1. The summed E-state index contributed by atoms with van der Waals surface area (Å²) >= 11 is 0.